The molecule has 1 saturated heterocycles. The molecule has 2 atom stereocenters. The maximum Gasteiger partial charge on any atom is 0.410 e. The van der Waals surface area contributed by atoms with Crippen LogP contribution in [0, 0.1) is 0 Å². The van der Waals surface area contributed by atoms with Gasteiger partial charge in [-0.1, -0.05) is 39.5 Å². The minimum absolute atomic E-state index is 0.0796. The van der Waals surface area contributed by atoms with Crippen LogP contribution in [0.1, 0.15) is 34.1 Å². The molecule has 0 saturated carbocycles. The molecule has 0 spiro atoms. The summed E-state index contributed by atoms with van der Waals surface area (Å²) in [7, 11) is -1.96. The molecule has 148 valence electrons. The molecule has 1 heterocycles. The van der Waals surface area contributed by atoms with Crippen molar-refractivity contribution >= 4 is 20.4 Å². The van der Waals surface area contributed by atoms with Crippen LogP contribution in [0.3, 0.4) is 0 Å². The first-order valence-electron chi connectivity index (χ1n) is 9.09. The summed E-state index contributed by atoms with van der Waals surface area (Å²) in [5, 5.41) is 0.0834. The van der Waals surface area contributed by atoms with Crippen molar-refractivity contribution in [3.05, 3.63) is 24.8 Å². The highest BCUT2D eigenvalue weighted by molar-refractivity contribution is 6.74. The molecule has 1 rings (SSSR count). The number of rotatable bonds is 7. The van der Waals surface area contributed by atoms with Crippen LogP contribution < -0.4 is 0 Å². The highest BCUT2D eigenvalue weighted by atomic mass is 28.4. The number of hydrogen-bond donors (Lipinski definition) is 0. The molecule has 0 aromatic rings. The molecule has 0 aliphatic carbocycles. The van der Waals surface area contributed by atoms with Crippen molar-refractivity contribution in [2.24, 2.45) is 0 Å². The van der Waals surface area contributed by atoms with Crippen LogP contribution in [-0.4, -0.2) is 57.2 Å². The normalized spacial score (nSPS) is 21.1. The fraction of sp³-hybridized carbons (Fsp3) is 0.684. The summed E-state index contributed by atoms with van der Waals surface area (Å²) in [6.45, 7) is 17.2. The maximum atomic E-state index is 12.4. The zero-order chi connectivity index (χ0) is 20.0. The van der Waals surface area contributed by atoms with E-state index in [1.807, 2.05) is 0 Å². The monoisotopic (exact) mass is 383 g/mol. The summed E-state index contributed by atoms with van der Waals surface area (Å²) >= 11 is 0. The van der Waals surface area contributed by atoms with E-state index in [1.54, 1.807) is 17.9 Å². The number of ether oxygens (including phenoxy) is 2. The van der Waals surface area contributed by atoms with Crippen molar-refractivity contribution in [1.29, 1.82) is 0 Å². The van der Waals surface area contributed by atoms with Gasteiger partial charge in [-0.3, -0.25) is 4.90 Å². The SMILES string of the molecule is C=CCOC(=O)N1CC(O[Si](C)(C)C(C)(C)C)CC1C=CC(=O)OCC. The molecule has 1 aliphatic heterocycles. The summed E-state index contributed by atoms with van der Waals surface area (Å²) in [5.74, 6) is -0.416. The van der Waals surface area contributed by atoms with Crippen molar-refractivity contribution in [2.45, 2.75) is 64.4 Å². The van der Waals surface area contributed by atoms with Crippen LogP contribution in [0.5, 0.6) is 0 Å². The van der Waals surface area contributed by atoms with E-state index < -0.39 is 20.4 Å². The molecule has 6 nitrogen and oxygen atoms in total. The standard InChI is InChI=1S/C19H33NO5Si/c1-8-12-24-18(22)20-14-16(25-26(6,7)19(3,4)5)13-15(20)10-11-17(21)23-9-2/h8,10-11,15-16H,1,9,12-14H2,2-7H3. The molecular weight excluding hydrogens is 350 g/mol. The van der Waals surface area contributed by atoms with Gasteiger partial charge < -0.3 is 13.9 Å². The van der Waals surface area contributed by atoms with Crippen LogP contribution >= 0.6 is 0 Å². The van der Waals surface area contributed by atoms with Gasteiger partial charge in [-0.2, -0.15) is 0 Å². The third-order valence-electron chi connectivity index (χ3n) is 4.87. The number of esters is 1. The Morgan fingerprint density at radius 1 is 1.27 bits per heavy atom. The summed E-state index contributed by atoms with van der Waals surface area (Å²) in [4.78, 5) is 25.6. The second-order valence-corrected chi connectivity index (χ2v) is 12.7. The van der Waals surface area contributed by atoms with Gasteiger partial charge >= 0.3 is 12.1 Å². The Labute approximate surface area is 158 Å². The Balaban J connectivity index is 2.88. The lowest BCUT2D eigenvalue weighted by Crippen LogP contribution is -2.44. The Kier molecular flexibility index (Phi) is 8.08. The summed E-state index contributed by atoms with van der Waals surface area (Å²) in [6, 6.07) is -0.258. The van der Waals surface area contributed by atoms with E-state index in [1.165, 1.54) is 12.2 Å². The van der Waals surface area contributed by atoms with Crippen molar-refractivity contribution in [3.63, 3.8) is 0 Å². The third kappa shape index (κ3) is 6.28. The Hall–Kier alpha value is -1.60. The average molecular weight is 384 g/mol. The van der Waals surface area contributed by atoms with Gasteiger partial charge in [0.05, 0.1) is 18.8 Å². The first-order chi connectivity index (χ1) is 12.0. The number of carbonyl (C=O) groups is 2. The average Bonchev–Trinajstić information content (AvgIpc) is 2.92. The Morgan fingerprint density at radius 3 is 2.46 bits per heavy atom. The number of nitrogens with zero attached hydrogens (tertiary/aromatic N) is 1. The summed E-state index contributed by atoms with van der Waals surface area (Å²) in [6.07, 6.45) is 4.72. The predicted molar refractivity (Wildman–Crippen MR) is 104 cm³/mol. The van der Waals surface area contributed by atoms with E-state index in [0.29, 0.717) is 19.6 Å². The summed E-state index contributed by atoms with van der Waals surface area (Å²) < 4.78 is 16.5. The maximum absolute atomic E-state index is 12.4. The van der Waals surface area contributed by atoms with Gasteiger partial charge in [-0.05, 0) is 31.5 Å². The van der Waals surface area contributed by atoms with Gasteiger partial charge in [0.1, 0.15) is 6.61 Å². The highest BCUT2D eigenvalue weighted by Crippen LogP contribution is 2.39. The minimum Gasteiger partial charge on any atom is -0.463 e. The molecule has 1 amide bonds. The number of likely N-dealkylation sites (tertiary alicyclic amines) is 1. The van der Waals surface area contributed by atoms with Gasteiger partial charge in [0.25, 0.3) is 0 Å². The van der Waals surface area contributed by atoms with Gasteiger partial charge in [0.2, 0.25) is 0 Å². The lowest BCUT2D eigenvalue weighted by Gasteiger charge is -2.38. The molecule has 0 aromatic carbocycles. The minimum atomic E-state index is -1.96. The van der Waals surface area contributed by atoms with Crippen LogP contribution in [0.25, 0.3) is 0 Å². The van der Waals surface area contributed by atoms with Crippen molar-refractivity contribution < 1.29 is 23.5 Å². The third-order valence-corrected chi connectivity index (χ3v) is 9.41. The molecule has 0 radical (unpaired) electrons. The smallest absolute Gasteiger partial charge is 0.410 e. The molecule has 0 bridgehead atoms. The molecule has 1 fully saturated rings. The number of carbonyl (C=O) groups excluding carboxylic acids is 2. The van der Waals surface area contributed by atoms with Crippen LogP contribution in [0.4, 0.5) is 4.79 Å². The fourth-order valence-electron chi connectivity index (χ4n) is 2.49. The molecule has 2 unspecified atom stereocenters. The van der Waals surface area contributed by atoms with E-state index in [2.05, 4.69) is 40.4 Å². The van der Waals surface area contributed by atoms with Crippen molar-refractivity contribution in [2.75, 3.05) is 19.8 Å². The quantitative estimate of drug-likeness (QED) is 0.289. The van der Waals surface area contributed by atoms with E-state index in [0.717, 1.165) is 0 Å². The molecule has 26 heavy (non-hydrogen) atoms. The van der Waals surface area contributed by atoms with Crippen LogP contribution in [0.2, 0.25) is 18.1 Å². The molecule has 1 aliphatic rings. The first-order valence-corrected chi connectivity index (χ1v) is 12.0. The van der Waals surface area contributed by atoms with Crippen LogP contribution in [0.15, 0.2) is 24.8 Å². The van der Waals surface area contributed by atoms with Gasteiger partial charge in [-0.15, -0.1) is 0 Å². The van der Waals surface area contributed by atoms with Gasteiger partial charge in [0, 0.05) is 12.6 Å². The second kappa shape index (κ2) is 9.37. The molecule has 7 heteroatoms. The van der Waals surface area contributed by atoms with E-state index in [4.69, 9.17) is 13.9 Å². The molecular formula is C19H33NO5Si. The first kappa shape index (κ1) is 22.4. The largest absolute Gasteiger partial charge is 0.463 e. The lowest BCUT2D eigenvalue weighted by molar-refractivity contribution is -0.137. The number of amides is 1. The van der Waals surface area contributed by atoms with Gasteiger partial charge in [-0.25, -0.2) is 9.59 Å². The lowest BCUT2D eigenvalue weighted by atomic mass is 10.2. The van der Waals surface area contributed by atoms with Gasteiger partial charge in [0.15, 0.2) is 8.32 Å². The zero-order valence-electron chi connectivity index (χ0n) is 16.9. The topological polar surface area (TPSA) is 65.1 Å². The van der Waals surface area contributed by atoms with Crippen molar-refractivity contribution in [3.8, 4) is 0 Å². The predicted octanol–water partition coefficient (Wildman–Crippen LogP) is 3.89. The van der Waals surface area contributed by atoms with E-state index in [9.17, 15) is 9.59 Å². The van der Waals surface area contributed by atoms with Crippen LogP contribution in [-0.2, 0) is 18.7 Å². The fourth-order valence-corrected chi connectivity index (χ4v) is 3.85. The molecule has 0 N–H and O–H groups in total. The van der Waals surface area contributed by atoms with E-state index in [-0.39, 0.29) is 23.8 Å². The van der Waals surface area contributed by atoms with E-state index >= 15 is 0 Å². The van der Waals surface area contributed by atoms with Crippen molar-refractivity contribution in [1.82, 2.24) is 4.90 Å². The zero-order valence-corrected chi connectivity index (χ0v) is 17.9. The highest BCUT2D eigenvalue weighted by Gasteiger charge is 2.43. The number of hydrogen-bond acceptors (Lipinski definition) is 5. The Bertz CT molecular complexity index is 539. The molecule has 0 aromatic heterocycles. The Morgan fingerprint density at radius 2 is 1.92 bits per heavy atom. The second-order valence-electron chi connectivity index (χ2n) is 7.93. The summed E-state index contributed by atoms with van der Waals surface area (Å²) in [5.41, 5.74) is 0.